The summed E-state index contributed by atoms with van der Waals surface area (Å²) in [7, 11) is 0. The van der Waals surface area contributed by atoms with Gasteiger partial charge in [0.1, 0.15) is 12.0 Å². The zero-order valence-electron chi connectivity index (χ0n) is 18.3. The molecule has 2 aliphatic carbocycles. The molecule has 3 aliphatic rings. The molecule has 0 spiro atoms. The van der Waals surface area contributed by atoms with Gasteiger partial charge in [-0.05, 0) is 62.1 Å². The number of rotatable bonds is 3. The van der Waals surface area contributed by atoms with Gasteiger partial charge < -0.3 is 4.74 Å². The molecular formula is C25H29Cl2NO3. The molecule has 1 heterocycles. The van der Waals surface area contributed by atoms with Gasteiger partial charge in [-0.3, -0.25) is 14.6 Å². The van der Waals surface area contributed by atoms with E-state index in [0.29, 0.717) is 34.2 Å². The molecule has 31 heavy (non-hydrogen) atoms. The number of ether oxygens (including phenoxy) is 1. The monoisotopic (exact) mass is 461 g/mol. The second-order valence-electron chi connectivity index (χ2n) is 9.87. The fourth-order valence-corrected chi connectivity index (χ4v) is 5.79. The zero-order chi connectivity index (χ0) is 22.3. The molecule has 2 atom stereocenters. The minimum Gasteiger partial charge on any atom is -0.462 e. The van der Waals surface area contributed by atoms with Crippen molar-refractivity contribution in [2.24, 2.45) is 16.3 Å². The van der Waals surface area contributed by atoms with Crippen LogP contribution in [0.5, 0.6) is 0 Å². The number of hydrogen-bond acceptors (Lipinski definition) is 4. The van der Waals surface area contributed by atoms with E-state index >= 15 is 0 Å². The molecule has 1 unspecified atom stereocenters. The second-order valence-corrected chi connectivity index (χ2v) is 10.7. The topological polar surface area (TPSA) is 55.7 Å². The normalized spacial score (nSPS) is 26.4. The van der Waals surface area contributed by atoms with Crippen LogP contribution in [-0.2, 0) is 14.3 Å². The van der Waals surface area contributed by atoms with E-state index in [1.165, 1.54) is 6.42 Å². The van der Waals surface area contributed by atoms with Gasteiger partial charge in [0, 0.05) is 39.4 Å². The Labute approximate surface area is 194 Å². The molecule has 4 nitrogen and oxygen atoms in total. The molecule has 4 rings (SSSR count). The summed E-state index contributed by atoms with van der Waals surface area (Å²) in [5, 5.41) is 0.966. The second kappa shape index (κ2) is 8.71. The van der Waals surface area contributed by atoms with E-state index in [9.17, 15) is 9.59 Å². The summed E-state index contributed by atoms with van der Waals surface area (Å²) < 4.78 is 5.95. The first kappa shape index (κ1) is 22.5. The predicted octanol–water partition coefficient (Wildman–Crippen LogP) is 6.69. The third-order valence-electron chi connectivity index (χ3n) is 6.69. The fraction of sp³-hybridized carbons (Fsp3) is 0.560. The van der Waals surface area contributed by atoms with Crippen molar-refractivity contribution in [3.05, 3.63) is 45.1 Å². The fourth-order valence-electron chi connectivity index (χ4n) is 5.26. The highest BCUT2D eigenvalue weighted by Gasteiger charge is 2.47. The highest BCUT2D eigenvalue weighted by molar-refractivity contribution is 6.35. The van der Waals surface area contributed by atoms with Crippen LogP contribution in [0.25, 0.3) is 0 Å². The van der Waals surface area contributed by atoms with Gasteiger partial charge >= 0.3 is 5.97 Å². The molecule has 6 heteroatoms. The van der Waals surface area contributed by atoms with Gasteiger partial charge in [-0.1, -0.05) is 49.5 Å². The van der Waals surface area contributed by atoms with Crippen molar-refractivity contribution in [2.75, 3.05) is 0 Å². The molecule has 166 valence electrons. The van der Waals surface area contributed by atoms with Crippen molar-refractivity contribution in [1.29, 1.82) is 0 Å². The minimum absolute atomic E-state index is 0.0361. The number of carbonyl (C=O) groups excluding carboxylic acids is 2. The smallest absolute Gasteiger partial charge is 0.315 e. The van der Waals surface area contributed by atoms with E-state index in [0.717, 1.165) is 36.9 Å². The van der Waals surface area contributed by atoms with Crippen molar-refractivity contribution in [2.45, 2.75) is 77.7 Å². The Morgan fingerprint density at radius 3 is 2.52 bits per heavy atom. The lowest BCUT2D eigenvalue weighted by molar-refractivity contribution is -0.153. The van der Waals surface area contributed by atoms with Crippen molar-refractivity contribution < 1.29 is 14.3 Å². The molecule has 0 N–H and O–H groups in total. The third-order valence-corrected chi connectivity index (χ3v) is 7.25. The number of Topliss-reactive ketones (excluding diaryl/α,β-unsaturated/α-hetero) is 1. The average molecular weight is 462 g/mol. The molecule has 1 aromatic rings. The Hall–Kier alpha value is -1.65. The number of carbonyl (C=O) groups is 2. The van der Waals surface area contributed by atoms with E-state index in [4.69, 9.17) is 32.9 Å². The first-order valence-electron chi connectivity index (χ1n) is 11.1. The van der Waals surface area contributed by atoms with Crippen molar-refractivity contribution in [1.82, 2.24) is 0 Å². The van der Waals surface area contributed by atoms with E-state index in [-0.39, 0.29) is 23.3 Å². The van der Waals surface area contributed by atoms with Gasteiger partial charge in [-0.25, -0.2) is 0 Å². The SMILES string of the molecule is CC1=NC2=C(C(=O)CC(C)(C)C2)[C@@H](c2ccc(Cl)cc2Cl)C1C(=O)OC1CCCCC1. The number of ketones is 1. The van der Waals surface area contributed by atoms with E-state index < -0.39 is 11.8 Å². The minimum atomic E-state index is -0.662. The van der Waals surface area contributed by atoms with Gasteiger partial charge in [0.15, 0.2) is 5.78 Å². The van der Waals surface area contributed by atoms with Crippen LogP contribution in [0.1, 0.15) is 77.2 Å². The summed E-state index contributed by atoms with van der Waals surface area (Å²) in [4.78, 5) is 31.5. The van der Waals surface area contributed by atoms with Crippen molar-refractivity contribution in [3.8, 4) is 0 Å². The highest BCUT2D eigenvalue weighted by Crippen LogP contribution is 2.49. The van der Waals surface area contributed by atoms with Crippen LogP contribution < -0.4 is 0 Å². The lowest BCUT2D eigenvalue weighted by atomic mass is 9.67. The summed E-state index contributed by atoms with van der Waals surface area (Å²) in [6.07, 6.45) is 6.16. The maximum absolute atomic E-state index is 13.4. The van der Waals surface area contributed by atoms with Crippen LogP contribution in [0.4, 0.5) is 0 Å². The number of halogens is 2. The molecule has 0 saturated heterocycles. The Balaban J connectivity index is 1.78. The van der Waals surface area contributed by atoms with Gasteiger partial charge in [0.25, 0.3) is 0 Å². The van der Waals surface area contributed by atoms with Crippen LogP contribution in [-0.4, -0.2) is 23.6 Å². The molecule has 0 bridgehead atoms. The lowest BCUT2D eigenvalue weighted by Gasteiger charge is -2.39. The van der Waals surface area contributed by atoms with Crippen LogP contribution in [0, 0.1) is 11.3 Å². The first-order valence-corrected chi connectivity index (χ1v) is 11.9. The third kappa shape index (κ3) is 4.61. The molecule has 1 saturated carbocycles. The van der Waals surface area contributed by atoms with Crippen molar-refractivity contribution in [3.63, 3.8) is 0 Å². The first-order chi connectivity index (χ1) is 14.7. The van der Waals surface area contributed by atoms with Crippen LogP contribution in [0.3, 0.4) is 0 Å². The summed E-state index contributed by atoms with van der Waals surface area (Å²) in [6.45, 7) is 6.01. The van der Waals surface area contributed by atoms with Crippen LogP contribution in [0.2, 0.25) is 10.0 Å². The maximum Gasteiger partial charge on any atom is 0.315 e. The quantitative estimate of drug-likeness (QED) is 0.471. The highest BCUT2D eigenvalue weighted by atomic mass is 35.5. The molecule has 0 radical (unpaired) electrons. The molecule has 1 aromatic carbocycles. The van der Waals surface area contributed by atoms with Gasteiger partial charge in [-0.15, -0.1) is 0 Å². The lowest BCUT2D eigenvalue weighted by Crippen LogP contribution is -2.40. The molecule has 1 aliphatic heterocycles. The Bertz CT molecular complexity index is 973. The Morgan fingerprint density at radius 1 is 1.13 bits per heavy atom. The number of hydrogen-bond donors (Lipinski definition) is 0. The predicted molar refractivity (Wildman–Crippen MR) is 124 cm³/mol. The number of allylic oxidation sites excluding steroid dienone is 2. The molecular weight excluding hydrogens is 433 g/mol. The van der Waals surface area contributed by atoms with Crippen LogP contribution in [0.15, 0.2) is 34.5 Å². The molecule has 1 fully saturated rings. The number of nitrogens with zero attached hydrogens (tertiary/aromatic N) is 1. The maximum atomic E-state index is 13.4. The summed E-state index contributed by atoms with van der Waals surface area (Å²) in [6, 6.07) is 5.25. The summed E-state index contributed by atoms with van der Waals surface area (Å²) in [5.41, 5.74) is 2.63. The average Bonchev–Trinajstić information content (AvgIpc) is 2.66. The Morgan fingerprint density at radius 2 is 1.84 bits per heavy atom. The Kier molecular flexibility index (Phi) is 6.33. The van der Waals surface area contributed by atoms with E-state index in [1.54, 1.807) is 12.1 Å². The zero-order valence-corrected chi connectivity index (χ0v) is 19.9. The standard InChI is InChI=1S/C25H29Cl2NO3/c1-14-21(24(30)31-16-7-5-4-6-8-16)22(17-10-9-15(26)11-18(17)27)23-19(28-14)12-25(2,3)13-20(23)29/h9-11,16,21-22H,4-8,12-13H2,1-3H3/t21?,22-/m0/s1. The van der Waals surface area contributed by atoms with Gasteiger partial charge in [0.05, 0.1) is 0 Å². The van der Waals surface area contributed by atoms with E-state index in [2.05, 4.69) is 13.8 Å². The number of aliphatic imine (C=N–C) groups is 1. The number of benzene rings is 1. The summed E-state index contributed by atoms with van der Waals surface area (Å²) in [5.74, 6) is -1.44. The summed E-state index contributed by atoms with van der Waals surface area (Å²) >= 11 is 12.7. The van der Waals surface area contributed by atoms with Crippen LogP contribution >= 0.6 is 23.2 Å². The largest absolute Gasteiger partial charge is 0.462 e. The van der Waals surface area contributed by atoms with Gasteiger partial charge in [0.2, 0.25) is 0 Å². The van der Waals surface area contributed by atoms with Crippen molar-refractivity contribution >= 4 is 40.7 Å². The molecule has 0 amide bonds. The number of esters is 1. The van der Waals surface area contributed by atoms with E-state index in [1.807, 2.05) is 13.0 Å². The molecule has 0 aromatic heterocycles. The van der Waals surface area contributed by atoms with Gasteiger partial charge in [-0.2, -0.15) is 0 Å².